The fraction of sp³-hybridized carbons (Fsp3) is 0.750. The Balaban J connectivity index is 2.94. The molecule has 0 amide bonds. The number of esters is 3. The molecule has 1 aliphatic rings. The number of aliphatic hydroxyl groups excluding tert-OH is 1. The van der Waals surface area contributed by atoms with Crippen LogP contribution in [0, 0.1) is 0 Å². The van der Waals surface area contributed by atoms with E-state index in [0.717, 1.165) is 20.8 Å². The van der Waals surface area contributed by atoms with Crippen molar-refractivity contribution in [1.82, 2.24) is 0 Å². The van der Waals surface area contributed by atoms with Crippen LogP contribution in [0.3, 0.4) is 0 Å². The Labute approximate surface area is 120 Å². The Kier molecular flexibility index (Phi) is 6.03. The van der Waals surface area contributed by atoms with Crippen LogP contribution in [0.25, 0.3) is 0 Å². The van der Waals surface area contributed by atoms with Gasteiger partial charge in [-0.1, -0.05) is 0 Å². The topological polar surface area (TPSA) is 108 Å². The molecular formula is C12H17FO8. The van der Waals surface area contributed by atoms with Crippen LogP contribution < -0.4 is 0 Å². The third kappa shape index (κ3) is 4.94. The first-order valence-corrected chi connectivity index (χ1v) is 6.17. The molecule has 120 valence electrons. The molecule has 0 aliphatic carbocycles. The van der Waals surface area contributed by atoms with E-state index in [1.165, 1.54) is 0 Å². The van der Waals surface area contributed by atoms with Gasteiger partial charge in [0.15, 0.2) is 24.7 Å². The van der Waals surface area contributed by atoms with E-state index < -0.39 is 55.3 Å². The van der Waals surface area contributed by atoms with E-state index in [4.69, 9.17) is 18.9 Å². The zero-order chi connectivity index (χ0) is 16.2. The molecule has 0 saturated carbocycles. The summed E-state index contributed by atoms with van der Waals surface area (Å²) < 4.78 is 33.2. The number of carbonyl (C=O) groups is 3. The van der Waals surface area contributed by atoms with Crippen molar-refractivity contribution >= 4 is 17.9 Å². The van der Waals surface area contributed by atoms with Gasteiger partial charge in [0.1, 0.15) is 12.7 Å². The van der Waals surface area contributed by atoms with Gasteiger partial charge in [0.2, 0.25) is 0 Å². The zero-order valence-corrected chi connectivity index (χ0v) is 11.8. The lowest BCUT2D eigenvalue weighted by atomic mass is 9.99. The summed E-state index contributed by atoms with van der Waals surface area (Å²) in [6.45, 7) is 2.86. The number of hydrogen-bond acceptors (Lipinski definition) is 8. The summed E-state index contributed by atoms with van der Waals surface area (Å²) in [6, 6.07) is 0. The molecule has 0 unspecified atom stereocenters. The van der Waals surface area contributed by atoms with Crippen LogP contribution >= 0.6 is 0 Å². The largest absolute Gasteiger partial charge is 0.463 e. The van der Waals surface area contributed by atoms with Crippen LogP contribution in [0.2, 0.25) is 0 Å². The molecule has 1 aliphatic heterocycles. The van der Waals surface area contributed by atoms with Crippen LogP contribution in [0.5, 0.6) is 0 Å². The molecule has 1 heterocycles. The number of carbonyl (C=O) groups excluding carboxylic acids is 3. The maximum atomic E-state index is 13.9. The van der Waals surface area contributed by atoms with E-state index in [1.54, 1.807) is 0 Å². The Hall–Kier alpha value is -1.74. The minimum Gasteiger partial charge on any atom is -0.463 e. The summed E-state index contributed by atoms with van der Waals surface area (Å²) in [7, 11) is 0. The molecule has 1 N–H and O–H groups in total. The predicted octanol–water partition coefficient (Wildman–Crippen LogP) is -0.532. The third-order valence-corrected chi connectivity index (χ3v) is 2.65. The Morgan fingerprint density at radius 2 is 1.57 bits per heavy atom. The first-order valence-electron chi connectivity index (χ1n) is 6.17. The van der Waals surface area contributed by atoms with E-state index in [1.807, 2.05) is 0 Å². The summed E-state index contributed by atoms with van der Waals surface area (Å²) in [4.78, 5) is 32.9. The number of hydrogen-bond donors (Lipinski definition) is 1. The zero-order valence-electron chi connectivity index (χ0n) is 11.8. The molecule has 1 saturated heterocycles. The Bertz CT molecular complexity index is 412. The fourth-order valence-corrected chi connectivity index (χ4v) is 1.88. The number of ether oxygens (including phenoxy) is 4. The van der Waals surface area contributed by atoms with Gasteiger partial charge in [0.25, 0.3) is 0 Å². The quantitative estimate of drug-likeness (QED) is 0.545. The molecule has 21 heavy (non-hydrogen) atoms. The van der Waals surface area contributed by atoms with E-state index in [2.05, 4.69) is 0 Å². The van der Waals surface area contributed by atoms with Crippen molar-refractivity contribution in [3.8, 4) is 0 Å². The minimum absolute atomic E-state index is 0.394. The van der Waals surface area contributed by atoms with Crippen molar-refractivity contribution in [3.05, 3.63) is 0 Å². The maximum Gasteiger partial charge on any atom is 0.303 e. The lowest BCUT2D eigenvalue weighted by Crippen LogP contribution is -2.59. The fourth-order valence-electron chi connectivity index (χ4n) is 1.88. The second-order valence-corrected chi connectivity index (χ2v) is 4.46. The standard InChI is InChI=1S/C12H17FO8/c1-5(14)18-4-8-10(19-6(2)15)11(20-7(3)16)9(13)12(17)21-8/h8-12,17H,4H2,1-3H3/t8-,9-,10+,11-,12-/m1/s1. The molecule has 8 nitrogen and oxygen atoms in total. The van der Waals surface area contributed by atoms with Crippen molar-refractivity contribution in [3.63, 3.8) is 0 Å². The molecular weight excluding hydrogens is 291 g/mol. The van der Waals surface area contributed by atoms with Crippen molar-refractivity contribution in [2.75, 3.05) is 6.61 Å². The summed E-state index contributed by atoms with van der Waals surface area (Å²) in [6.07, 6.45) is -8.07. The molecule has 5 atom stereocenters. The lowest BCUT2D eigenvalue weighted by molar-refractivity contribution is -0.279. The second-order valence-electron chi connectivity index (χ2n) is 4.46. The Morgan fingerprint density at radius 3 is 2.05 bits per heavy atom. The van der Waals surface area contributed by atoms with Crippen molar-refractivity contribution in [1.29, 1.82) is 0 Å². The number of alkyl halides is 1. The number of rotatable bonds is 4. The summed E-state index contributed by atoms with van der Waals surface area (Å²) in [5.74, 6) is -2.22. The van der Waals surface area contributed by atoms with E-state index >= 15 is 0 Å². The van der Waals surface area contributed by atoms with Crippen LogP contribution in [-0.2, 0) is 33.3 Å². The lowest BCUT2D eigenvalue weighted by Gasteiger charge is -2.40. The second kappa shape index (κ2) is 7.32. The van der Waals surface area contributed by atoms with Gasteiger partial charge in [-0.25, -0.2) is 4.39 Å². The number of halogens is 1. The molecule has 1 fully saturated rings. The van der Waals surface area contributed by atoms with Gasteiger partial charge in [0.05, 0.1) is 0 Å². The van der Waals surface area contributed by atoms with Crippen LogP contribution in [0.15, 0.2) is 0 Å². The van der Waals surface area contributed by atoms with Crippen molar-refractivity contribution < 1.29 is 42.8 Å². The normalized spacial score (nSPS) is 32.1. The minimum atomic E-state index is -2.10. The summed E-state index contributed by atoms with van der Waals surface area (Å²) in [5.41, 5.74) is 0. The molecule has 0 aromatic carbocycles. The average molecular weight is 308 g/mol. The summed E-state index contributed by atoms with van der Waals surface area (Å²) >= 11 is 0. The molecule has 0 bridgehead atoms. The van der Waals surface area contributed by atoms with Gasteiger partial charge in [0, 0.05) is 20.8 Å². The molecule has 1 rings (SSSR count). The van der Waals surface area contributed by atoms with Gasteiger partial charge < -0.3 is 24.1 Å². The predicted molar refractivity (Wildman–Crippen MR) is 63.5 cm³/mol. The highest BCUT2D eigenvalue weighted by Crippen LogP contribution is 2.27. The first kappa shape index (κ1) is 17.3. The molecule has 9 heteroatoms. The van der Waals surface area contributed by atoms with Gasteiger partial charge in [-0.3, -0.25) is 14.4 Å². The SMILES string of the molecule is CC(=O)OC[C@H]1O[C@@H](O)[C@H](F)[C@@H](OC(C)=O)[C@H]1OC(C)=O. The molecule has 0 spiro atoms. The highest BCUT2D eigenvalue weighted by molar-refractivity contribution is 5.67. The number of aliphatic hydroxyl groups is 1. The first-order chi connectivity index (χ1) is 9.72. The average Bonchev–Trinajstić information content (AvgIpc) is 2.35. The van der Waals surface area contributed by atoms with Crippen LogP contribution in [0.4, 0.5) is 4.39 Å². The molecule has 0 aromatic rings. The van der Waals surface area contributed by atoms with E-state index in [9.17, 15) is 23.9 Å². The van der Waals surface area contributed by atoms with Gasteiger partial charge in [-0.05, 0) is 0 Å². The van der Waals surface area contributed by atoms with Crippen molar-refractivity contribution in [2.45, 2.75) is 51.5 Å². The van der Waals surface area contributed by atoms with Crippen molar-refractivity contribution in [2.24, 2.45) is 0 Å². The third-order valence-electron chi connectivity index (χ3n) is 2.65. The van der Waals surface area contributed by atoms with E-state index in [-0.39, 0.29) is 0 Å². The maximum absolute atomic E-state index is 13.9. The van der Waals surface area contributed by atoms with Crippen LogP contribution in [-0.4, -0.2) is 60.4 Å². The highest BCUT2D eigenvalue weighted by atomic mass is 19.1. The molecule has 0 aromatic heterocycles. The smallest absolute Gasteiger partial charge is 0.303 e. The summed E-state index contributed by atoms with van der Waals surface area (Å²) in [5, 5.41) is 9.48. The van der Waals surface area contributed by atoms with Gasteiger partial charge in [-0.2, -0.15) is 0 Å². The van der Waals surface area contributed by atoms with Crippen LogP contribution in [0.1, 0.15) is 20.8 Å². The monoisotopic (exact) mass is 308 g/mol. The van der Waals surface area contributed by atoms with Gasteiger partial charge in [-0.15, -0.1) is 0 Å². The molecule has 0 radical (unpaired) electrons. The van der Waals surface area contributed by atoms with Gasteiger partial charge >= 0.3 is 17.9 Å². The Morgan fingerprint density at radius 1 is 1.05 bits per heavy atom. The highest BCUT2D eigenvalue weighted by Gasteiger charge is 2.50. The van der Waals surface area contributed by atoms with E-state index in [0.29, 0.717) is 0 Å².